The van der Waals surface area contributed by atoms with Crippen molar-refractivity contribution in [2.45, 2.75) is 39.0 Å². The molecule has 0 aliphatic carbocycles. The fourth-order valence-electron chi connectivity index (χ4n) is 2.69. The van der Waals surface area contributed by atoms with Crippen molar-refractivity contribution in [3.8, 4) is 0 Å². The first-order valence-electron chi connectivity index (χ1n) is 7.40. The third-order valence-corrected chi connectivity index (χ3v) is 3.75. The second kappa shape index (κ2) is 6.45. The van der Waals surface area contributed by atoms with Crippen molar-refractivity contribution >= 4 is 5.91 Å². The third-order valence-electron chi connectivity index (χ3n) is 3.75. The van der Waals surface area contributed by atoms with Crippen molar-refractivity contribution < 1.29 is 18.2 Å². The predicted octanol–water partition coefficient (Wildman–Crippen LogP) is 1.02. The summed E-state index contributed by atoms with van der Waals surface area (Å²) < 4.78 is 23.5. The Morgan fingerprint density at radius 2 is 2.26 bits per heavy atom. The zero-order chi connectivity index (χ0) is 16.4. The van der Waals surface area contributed by atoms with Crippen molar-refractivity contribution in [2.24, 2.45) is 0 Å². The lowest BCUT2D eigenvalue weighted by molar-refractivity contribution is 0.0930. The summed E-state index contributed by atoms with van der Waals surface area (Å²) in [5, 5.41) is 10.2. The summed E-state index contributed by atoms with van der Waals surface area (Å²) in [6, 6.07) is 1.43. The molecule has 0 spiro atoms. The maximum absolute atomic E-state index is 13.7. The van der Waals surface area contributed by atoms with Gasteiger partial charge in [0.05, 0.1) is 6.54 Å². The van der Waals surface area contributed by atoms with E-state index >= 15 is 0 Å². The van der Waals surface area contributed by atoms with E-state index in [1.165, 1.54) is 0 Å². The number of likely N-dealkylation sites (tertiary alicyclic amines) is 1. The molecule has 2 aromatic heterocycles. The van der Waals surface area contributed by atoms with Gasteiger partial charge < -0.3 is 14.4 Å². The summed E-state index contributed by atoms with van der Waals surface area (Å²) in [5.41, 5.74) is 0.220. The SMILES string of the molecule is Cc1cc(C(=O)NC[C@@H]2C[C@H](F)CN2Cc2noc(C)n2)no1. The number of rotatable bonds is 5. The van der Waals surface area contributed by atoms with Crippen molar-refractivity contribution in [1.82, 2.24) is 25.5 Å². The molecule has 1 fully saturated rings. The maximum atomic E-state index is 13.7. The van der Waals surface area contributed by atoms with Crippen LogP contribution >= 0.6 is 0 Å². The van der Waals surface area contributed by atoms with Gasteiger partial charge in [0.1, 0.15) is 11.9 Å². The average molecular weight is 323 g/mol. The number of hydrogen-bond donors (Lipinski definition) is 1. The van der Waals surface area contributed by atoms with Gasteiger partial charge in [-0.25, -0.2) is 4.39 Å². The summed E-state index contributed by atoms with van der Waals surface area (Å²) in [4.78, 5) is 18.0. The molecule has 2 aromatic rings. The van der Waals surface area contributed by atoms with Gasteiger partial charge in [-0.2, -0.15) is 4.98 Å². The van der Waals surface area contributed by atoms with Crippen LogP contribution in [0.3, 0.4) is 0 Å². The van der Waals surface area contributed by atoms with Gasteiger partial charge in [-0.05, 0) is 13.3 Å². The summed E-state index contributed by atoms with van der Waals surface area (Å²) in [6.07, 6.45) is -0.575. The highest BCUT2D eigenvalue weighted by atomic mass is 19.1. The summed E-state index contributed by atoms with van der Waals surface area (Å²) in [7, 11) is 0. The molecule has 1 aliphatic heterocycles. The van der Waals surface area contributed by atoms with Crippen LogP contribution in [0.4, 0.5) is 4.39 Å². The highest BCUT2D eigenvalue weighted by molar-refractivity contribution is 5.92. The molecule has 1 N–H and O–H groups in total. The van der Waals surface area contributed by atoms with Crippen molar-refractivity contribution in [2.75, 3.05) is 13.1 Å². The molecule has 9 heteroatoms. The van der Waals surface area contributed by atoms with Crippen molar-refractivity contribution in [3.05, 3.63) is 29.2 Å². The fraction of sp³-hybridized carbons (Fsp3) is 0.571. The second-order valence-electron chi connectivity index (χ2n) is 5.68. The number of carbonyl (C=O) groups excluding carboxylic acids is 1. The average Bonchev–Trinajstić information content (AvgIpc) is 3.19. The van der Waals surface area contributed by atoms with E-state index in [4.69, 9.17) is 9.05 Å². The molecule has 1 saturated heterocycles. The van der Waals surface area contributed by atoms with E-state index in [1.54, 1.807) is 19.9 Å². The largest absolute Gasteiger partial charge is 0.361 e. The van der Waals surface area contributed by atoms with E-state index in [-0.39, 0.29) is 24.2 Å². The highest BCUT2D eigenvalue weighted by Gasteiger charge is 2.33. The molecule has 2 atom stereocenters. The monoisotopic (exact) mass is 323 g/mol. The molecule has 3 heterocycles. The predicted molar refractivity (Wildman–Crippen MR) is 76.3 cm³/mol. The molecule has 0 bridgehead atoms. The highest BCUT2D eigenvalue weighted by Crippen LogP contribution is 2.21. The number of amides is 1. The third kappa shape index (κ3) is 3.73. The summed E-state index contributed by atoms with van der Waals surface area (Å²) >= 11 is 0. The summed E-state index contributed by atoms with van der Waals surface area (Å²) in [5.74, 6) is 1.22. The lowest BCUT2D eigenvalue weighted by atomic mass is 10.2. The van der Waals surface area contributed by atoms with E-state index in [1.807, 2.05) is 4.90 Å². The molecule has 1 amide bonds. The minimum Gasteiger partial charge on any atom is -0.361 e. The van der Waals surface area contributed by atoms with Gasteiger partial charge >= 0.3 is 0 Å². The number of nitrogens with zero attached hydrogens (tertiary/aromatic N) is 4. The van der Waals surface area contributed by atoms with E-state index in [2.05, 4.69) is 20.6 Å². The molecule has 124 valence electrons. The minimum atomic E-state index is -0.931. The molecule has 23 heavy (non-hydrogen) atoms. The van der Waals surface area contributed by atoms with Crippen LogP contribution in [0, 0.1) is 13.8 Å². The minimum absolute atomic E-state index is 0.124. The van der Waals surface area contributed by atoms with Gasteiger partial charge in [0, 0.05) is 32.1 Å². The summed E-state index contributed by atoms with van der Waals surface area (Å²) in [6.45, 7) is 4.42. The molecule has 1 aliphatic rings. The van der Waals surface area contributed by atoms with Crippen molar-refractivity contribution in [1.29, 1.82) is 0 Å². The smallest absolute Gasteiger partial charge is 0.273 e. The molecule has 0 unspecified atom stereocenters. The van der Waals surface area contributed by atoms with Crippen LogP contribution in [0.15, 0.2) is 15.1 Å². The first-order chi connectivity index (χ1) is 11.0. The molecule has 3 rings (SSSR count). The lowest BCUT2D eigenvalue weighted by Crippen LogP contribution is -2.40. The number of aryl methyl sites for hydroxylation is 2. The van der Waals surface area contributed by atoms with E-state index < -0.39 is 6.17 Å². The maximum Gasteiger partial charge on any atom is 0.273 e. The Bertz CT molecular complexity index is 686. The van der Waals surface area contributed by atoms with Crippen LogP contribution in [0.1, 0.15) is 34.4 Å². The Kier molecular flexibility index (Phi) is 4.37. The number of nitrogens with one attached hydrogen (secondary N) is 1. The van der Waals surface area contributed by atoms with Crippen LogP contribution in [-0.4, -0.2) is 51.4 Å². The molecule has 0 radical (unpaired) electrons. The first-order valence-corrected chi connectivity index (χ1v) is 7.40. The first kappa shape index (κ1) is 15.6. The van der Waals surface area contributed by atoms with E-state index in [9.17, 15) is 9.18 Å². The number of aromatic nitrogens is 3. The Hall–Kier alpha value is -2.29. The van der Waals surface area contributed by atoms with Gasteiger partial charge in [-0.1, -0.05) is 10.3 Å². The molecule has 0 saturated carbocycles. The zero-order valence-corrected chi connectivity index (χ0v) is 13.0. The second-order valence-corrected chi connectivity index (χ2v) is 5.68. The molecule has 0 aromatic carbocycles. The number of halogens is 1. The standard InChI is InChI=1S/C14H18FN5O3/c1-8-3-12(18-22-8)14(21)16-5-11-4-10(15)6-20(11)7-13-17-9(2)23-19-13/h3,10-11H,4-7H2,1-2H3,(H,16,21)/t10-,11-/m0/s1. The van der Waals surface area contributed by atoms with Gasteiger partial charge in [-0.15, -0.1) is 0 Å². The van der Waals surface area contributed by atoms with Gasteiger partial charge in [0.15, 0.2) is 11.5 Å². The van der Waals surface area contributed by atoms with Gasteiger partial charge in [0.25, 0.3) is 5.91 Å². The number of hydrogen-bond acceptors (Lipinski definition) is 7. The lowest BCUT2D eigenvalue weighted by Gasteiger charge is -2.22. The van der Waals surface area contributed by atoms with Crippen LogP contribution < -0.4 is 5.32 Å². The van der Waals surface area contributed by atoms with E-state index in [0.29, 0.717) is 37.0 Å². The Labute approximate surface area is 132 Å². The molecule has 8 nitrogen and oxygen atoms in total. The Balaban J connectivity index is 1.57. The van der Waals surface area contributed by atoms with Crippen LogP contribution in [-0.2, 0) is 6.54 Å². The quantitative estimate of drug-likeness (QED) is 0.877. The number of alkyl halides is 1. The number of carbonyl (C=O) groups is 1. The van der Waals surface area contributed by atoms with E-state index in [0.717, 1.165) is 0 Å². The zero-order valence-electron chi connectivity index (χ0n) is 13.0. The molecular formula is C14H18FN5O3. The fourth-order valence-corrected chi connectivity index (χ4v) is 2.69. The van der Waals surface area contributed by atoms with Gasteiger partial charge in [0.2, 0.25) is 5.89 Å². The topological polar surface area (TPSA) is 97.3 Å². The van der Waals surface area contributed by atoms with Gasteiger partial charge in [-0.3, -0.25) is 9.69 Å². The van der Waals surface area contributed by atoms with Crippen molar-refractivity contribution in [3.63, 3.8) is 0 Å². The van der Waals surface area contributed by atoms with Crippen LogP contribution in [0.5, 0.6) is 0 Å². The van der Waals surface area contributed by atoms with Crippen LogP contribution in [0.25, 0.3) is 0 Å². The Morgan fingerprint density at radius 1 is 1.43 bits per heavy atom. The van der Waals surface area contributed by atoms with Crippen LogP contribution in [0.2, 0.25) is 0 Å². The Morgan fingerprint density at radius 3 is 2.91 bits per heavy atom. The molecular weight excluding hydrogens is 305 g/mol. The normalized spacial score (nSPS) is 21.7.